The van der Waals surface area contributed by atoms with Crippen molar-refractivity contribution in [3.63, 3.8) is 0 Å². The summed E-state index contributed by atoms with van der Waals surface area (Å²) >= 11 is 0. The second kappa shape index (κ2) is 9.91. The highest BCUT2D eigenvalue weighted by Gasteiger charge is 2.06. The van der Waals surface area contributed by atoms with Crippen LogP contribution in [0.2, 0.25) is 0 Å². The number of carbonyl (C=O) groups excluding carboxylic acids is 1. The maximum atomic E-state index is 11.6. The number of methoxy groups -OCH3 is 2. The molecule has 2 rings (SSSR count). The van der Waals surface area contributed by atoms with Gasteiger partial charge in [-0.05, 0) is 17.7 Å². The van der Waals surface area contributed by atoms with E-state index in [1.807, 2.05) is 12.1 Å². The molecule has 2 amide bonds. The molecular formula is C19H22N2O6. The first-order chi connectivity index (χ1) is 13.0. The second-order valence-electron chi connectivity index (χ2n) is 5.55. The van der Waals surface area contributed by atoms with E-state index in [-0.39, 0.29) is 19.5 Å². The van der Waals surface area contributed by atoms with Gasteiger partial charge in [0, 0.05) is 31.3 Å². The van der Waals surface area contributed by atoms with Gasteiger partial charge >= 0.3 is 12.0 Å². The standard InChI is InChI=1S/C19H22N2O6/c1-25-15-9-16(26-2)11-17(10-15)27-14-5-3-4-13(8-14)12-21-19(24)20-7-6-18(22)23/h3-5,8-11H,6-7,12H2,1-2H3,(H,22,23)(H2,20,21,24). The molecule has 0 bridgehead atoms. The fourth-order valence-corrected chi connectivity index (χ4v) is 2.22. The van der Waals surface area contributed by atoms with E-state index in [0.717, 1.165) is 5.56 Å². The lowest BCUT2D eigenvalue weighted by molar-refractivity contribution is -0.136. The predicted molar refractivity (Wildman–Crippen MR) is 98.6 cm³/mol. The highest BCUT2D eigenvalue weighted by Crippen LogP contribution is 2.31. The van der Waals surface area contributed by atoms with Gasteiger partial charge in [-0.25, -0.2) is 4.79 Å². The molecule has 3 N–H and O–H groups in total. The molecule has 0 radical (unpaired) electrons. The minimum absolute atomic E-state index is 0.0714. The molecule has 0 heterocycles. The Hall–Kier alpha value is -3.42. The van der Waals surface area contributed by atoms with Gasteiger partial charge in [0.15, 0.2) is 0 Å². The van der Waals surface area contributed by atoms with Crippen LogP contribution in [0.15, 0.2) is 42.5 Å². The third kappa shape index (κ3) is 6.77. The summed E-state index contributed by atoms with van der Waals surface area (Å²) in [4.78, 5) is 22.1. The molecule has 0 aliphatic heterocycles. The molecule has 2 aromatic carbocycles. The minimum atomic E-state index is -0.964. The van der Waals surface area contributed by atoms with Crippen molar-refractivity contribution in [2.75, 3.05) is 20.8 Å². The van der Waals surface area contributed by atoms with Crippen LogP contribution in [-0.2, 0) is 11.3 Å². The van der Waals surface area contributed by atoms with Crippen LogP contribution in [0.1, 0.15) is 12.0 Å². The largest absolute Gasteiger partial charge is 0.496 e. The predicted octanol–water partition coefficient (Wildman–Crippen LogP) is 2.77. The van der Waals surface area contributed by atoms with Gasteiger partial charge in [-0.2, -0.15) is 0 Å². The van der Waals surface area contributed by atoms with E-state index in [4.69, 9.17) is 19.3 Å². The molecule has 0 unspecified atom stereocenters. The van der Waals surface area contributed by atoms with Crippen molar-refractivity contribution in [1.82, 2.24) is 10.6 Å². The van der Waals surface area contributed by atoms with Crippen molar-refractivity contribution >= 4 is 12.0 Å². The number of hydrogen-bond acceptors (Lipinski definition) is 5. The molecule has 0 saturated carbocycles. The number of hydrogen-bond donors (Lipinski definition) is 3. The quantitative estimate of drug-likeness (QED) is 0.623. The number of carbonyl (C=O) groups is 2. The Balaban J connectivity index is 1.95. The molecule has 8 heteroatoms. The lowest BCUT2D eigenvalue weighted by atomic mass is 10.2. The summed E-state index contributed by atoms with van der Waals surface area (Å²) in [7, 11) is 3.12. The molecule has 0 aliphatic carbocycles. The number of aliphatic carboxylic acids is 1. The Kier molecular flexibility index (Phi) is 7.30. The summed E-state index contributed by atoms with van der Waals surface area (Å²) in [5, 5.41) is 13.7. The highest BCUT2D eigenvalue weighted by molar-refractivity contribution is 5.75. The van der Waals surface area contributed by atoms with Crippen molar-refractivity contribution in [2.45, 2.75) is 13.0 Å². The zero-order chi connectivity index (χ0) is 19.6. The number of urea groups is 1. The zero-order valence-corrected chi connectivity index (χ0v) is 15.2. The first-order valence-electron chi connectivity index (χ1n) is 8.23. The normalized spacial score (nSPS) is 10.0. The van der Waals surface area contributed by atoms with Crippen LogP contribution in [0.3, 0.4) is 0 Å². The van der Waals surface area contributed by atoms with Crippen LogP contribution in [0, 0.1) is 0 Å². The summed E-state index contributed by atoms with van der Waals surface area (Å²) in [6.07, 6.45) is -0.124. The van der Waals surface area contributed by atoms with Gasteiger partial charge in [0.2, 0.25) is 0 Å². The van der Waals surface area contributed by atoms with Gasteiger partial charge in [0.1, 0.15) is 23.0 Å². The van der Waals surface area contributed by atoms with E-state index in [1.54, 1.807) is 44.6 Å². The number of nitrogens with one attached hydrogen (secondary N) is 2. The summed E-state index contributed by atoms with van der Waals surface area (Å²) in [5.41, 5.74) is 0.829. The fraction of sp³-hybridized carbons (Fsp3) is 0.263. The van der Waals surface area contributed by atoms with Crippen molar-refractivity contribution in [2.24, 2.45) is 0 Å². The molecule has 0 aliphatic rings. The Morgan fingerprint density at radius 3 is 2.22 bits per heavy atom. The maximum absolute atomic E-state index is 11.6. The number of ether oxygens (including phenoxy) is 3. The van der Waals surface area contributed by atoms with Crippen molar-refractivity contribution in [3.05, 3.63) is 48.0 Å². The molecule has 0 atom stereocenters. The van der Waals surface area contributed by atoms with Gasteiger partial charge in [-0.1, -0.05) is 12.1 Å². The van der Waals surface area contributed by atoms with E-state index in [0.29, 0.717) is 23.0 Å². The summed E-state index contributed by atoms with van der Waals surface area (Å²) in [5.74, 6) is 1.41. The third-order valence-corrected chi connectivity index (χ3v) is 3.54. The summed E-state index contributed by atoms with van der Waals surface area (Å²) in [6, 6.07) is 12.0. The van der Waals surface area contributed by atoms with Crippen LogP contribution >= 0.6 is 0 Å². The van der Waals surface area contributed by atoms with Gasteiger partial charge in [0.05, 0.1) is 20.6 Å². The van der Waals surface area contributed by atoms with Crippen LogP contribution in [0.5, 0.6) is 23.0 Å². The number of carboxylic acids is 1. The summed E-state index contributed by atoms with van der Waals surface area (Å²) in [6.45, 7) is 0.347. The van der Waals surface area contributed by atoms with Crippen LogP contribution in [0.4, 0.5) is 4.79 Å². The number of benzene rings is 2. The fourth-order valence-electron chi connectivity index (χ4n) is 2.22. The van der Waals surface area contributed by atoms with Crippen LogP contribution < -0.4 is 24.8 Å². The minimum Gasteiger partial charge on any atom is -0.496 e. The molecule has 0 aromatic heterocycles. The first kappa shape index (κ1) is 19.9. The van der Waals surface area contributed by atoms with Gasteiger partial charge in [0.25, 0.3) is 0 Å². The second-order valence-corrected chi connectivity index (χ2v) is 5.55. The Bertz CT molecular complexity index is 771. The molecule has 2 aromatic rings. The molecule has 0 saturated heterocycles. The number of amides is 2. The Morgan fingerprint density at radius 2 is 1.59 bits per heavy atom. The third-order valence-electron chi connectivity index (χ3n) is 3.54. The lowest BCUT2D eigenvalue weighted by Crippen LogP contribution is -2.36. The average Bonchev–Trinajstić information content (AvgIpc) is 2.66. The number of carboxylic acid groups (broad SMARTS) is 1. The van der Waals surface area contributed by atoms with E-state index >= 15 is 0 Å². The smallest absolute Gasteiger partial charge is 0.315 e. The SMILES string of the molecule is COc1cc(OC)cc(Oc2cccc(CNC(=O)NCCC(=O)O)c2)c1. The van der Waals surface area contributed by atoms with Crippen LogP contribution in [-0.4, -0.2) is 37.9 Å². The molecule has 8 nitrogen and oxygen atoms in total. The van der Waals surface area contributed by atoms with E-state index in [2.05, 4.69) is 10.6 Å². The summed E-state index contributed by atoms with van der Waals surface area (Å²) < 4.78 is 16.3. The number of rotatable bonds is 9. The molecule has 0 spiro atoms. The molecule has 144 valence electrons. The van der Waals surface area contributed by atoms with E-state index in [9.17, 15) is 9.59 Å². The van der Waals surface area contributed by atoms with Crippen molar-refractivity contribution < 1.29 is 28.9 Å². The van der Waals surface area contributed by atoms with Crippen molar-refractivity contribution in [3.8, 4) is 23.0 Å². The Labute approximate surface area is 157 Å². The lowest BCUT2D eigenvalue weighted by Gasteiger charge is -2.11. The zero-order valence-electron chi connectivity index (χ0n) is 15.2. The van der Waals surface area contributed by atoms with Gasteiger partial charge in [-0.3, -0.25) is 4.79 Å². The van der Waals surface area contributed by atoms with E-state index in [1.165, 1.54) is 0 Å². The Morgan fingerprint density at radius 1 is 0.926 bits per heavy atom. The van der Waals surface area contributed by atoms with Crippen LogP contribution in [0.25, 0.3) is 0 Å². The van der Waals surface area contributed by atoms with Gasteiger partial charge in [-0.15, -0.1) is 0 Å². The molecular weight excluding hydrogens is 352 g/mol. The highest BCUT2D eigenvalue weighted by atomic mass is 16.5. The molecule has 27 heavy (non-hydrogen) atoms. The van der Waals surface area contributed by atoms with Gasteiger partial charge < -0.3 is 30.0 Å². The topological polar surface area (TPSA) is 106 Å². The average molecular weight is 374 g/mol. The maximum Gasteiger partial charge on any atom is 0.315 e. The van der Waals surface area contributed by atoms with E-state index < -0.39 is 12.0 Å². The van der Waals surface area contributed by atoms with Crippen molar-refractivity contribution in [1.29, 1.82) is 0 Å². The first-order valence-corrected chi connectivity index (χ1v) is 8.23. The molecule has 0 fully saturated rings. The monoisotopic (exact) mass is 374 g/mol.